The molecule has 3 nitrogen and oxygen atoms in total. The van der Waals surface area contributed by atoms with E-state index in [0.29, 0.717) is 6.54 Å². The Morgan fingerprint density at radius 2 is 1.75 bits per heavy atom. The Kier molecular flexibility index (Phi) is 3.30. The molecule has 1 heterocycles. The van der Waals surface area contributed by atoms with Gasteiger partial charge in [-0.2, -0.15) is 5.26 Å². The van der Waals surface area contributed by atoms with Crippen LogP contribution in [0.3, 0.4) is 0 Å². The molecule has 0 bridgehead atoms. The van der Waals surface area contributed by atoms with E-state index in [1.807, 2.05) is 60.7 Å². The topological polar surface area (TPSA) is 39.9 Å². The summed E-state index contributed by atoms with van der Waals surface area (Å²) < 4.78 is 0. The van der Waals surface area contributed by atoms with E-state index < -0.39 is 0 Å². The van der Waals surface area contributed by atoms with Crippen molar-refractivity contribution in [2.45, 2.75) is 6.54 Å². The first-order valence-corrected chi connectivity index (χ1v) is 6.43. The first-order valence-electron chi connectivity index (χ1n) is 6.43. The minimum absolute atomic E-state index is 0.523. The van der Waals surface area contributed by atoms with Crippen molar-refractivity contribution in [2.75, 3.05) is 4.90 Å². The van der Waals surface area contributed by atoms with Crippen LogP contribution in [0.5, 0.6) is 0 Å². The standard InChI is InChI=1S/C17H13N3/c18-13-20(16-9-2-1-3-10-16)12-15-7-4-6-14-8-5-11-19-17(14)15/h1-11H,12H2. The van der Waals surface area contributed by atoms with Gasteiger partial charge in [-0.05, 0) is 23.8 Å². The highest BCUT2D eigenvalue weighted by Gasteiger charge is 2.09. The van der Waals surface area contributed by atoms with Crippen molar-refractivity contribution in [3.63, 3.8) is 0 Å². The molecule has 0 N–H and O–H groups in total. The van der Waals surface area contributed by atoms with E-state index in [0.717, 1.165) is 22.2 Å². The molecule has 96 valence electrons. The highest BCUT2D eigenvalue weighted by Crippen LogP contribution is 2.20. The van der Waals surface area contributed by atoms with Crippen molar-refractivity contribution in [2.24, 2.45) is 0 Å². The van der Waals surface area contributed by atoms with Gasteiger partial charge in [-0.1, -0.05) is 42.5 Å². The van der Waals surface area contributed by atoms with E-state index in [-0.39, 0.29) is 0 Å². The van der Waals surface area contributed by atoms with E-state index in [4.69, 9.17) is 0 Å². The predicted molar refractivity (Wildman–Crippen MR) is 80.0 cm³/mol. The molecule has 3 aromatic rings. The lowest BCUT2D eigenvalue weighted by Crippen LogP contribution is -2.15. The maximum Gasteiger partial charge on any atom is 0.184 e. The van der Waals surface area contributed by atoms with E-state index in [1.54, 1.807) is 11.1 Å². The highest BCUT2D eigenvalue weighted by molar-refractivity contribution is 5.81. The fourth-order valence-corrected chi connectivity index (χ4v) is 2.26. The number of fused-ring (bicyclic) bond motifs is 1. The maximum atomic E-state index is 9.37. The maximum absolute atomic E-state index is 9.37. The van der Waals surface area contributed by atoms with Gasteiger partial charge in [0.15, 0.2) is 6.19 Å². The molecule has 0 spiro atoms. The number of nitriles is 1. The second-order valence-electron chi connectivity index (χ2n) is 4.51. The zero-order valence-electron chi connectivity index (χ0n) is 10.9. The number of nitrogens with zero attached hydrogens (tertiary/aromatic N) is 3. The summed E-state index contributed by atoms with van der Waals surface area (Å²) in [7, 11) is 0. The number of hydrogen-bond acceptors (Lipinski definition) is 3. The molecule has 0 aliphatic carbocycles. The fourth-order valence-electron chi connectivity index (χ4n) is 2.26. The van der Waals surface area contributed by atoms with Crippen LogP contribution in [-0.4, -0.2) is 4.98 Å². The second-order valence-corrected chi connectivity index (χ2v) is 4.51. The van der Waals surface area contributed by atoms with Gasteiger partial charge in [-0.25, -0.2) is 0 Å². The van der Waals surface area contributed by atoms with Crippen molar-refractivity contribution in [1.82, 2.24) is 4.98 Å². The Hall–Kier alpha value is -2.86. The van der Waals surface area contributed by atoms with Gasteiger partial charge in [0.05, 0.1) is 17.7 Å². The Balaban J connectivity index is 1.99. The Morgan fingerprint density at radius 1 is 0.950 bits per heavy atom. The number of para-hydroxylation sites is 2. The molecule has 3 rings (SSSR count). The molecule has 3 heteroatoms. The molecule has 0 radical (unpaired) electrons. The van der Waals surface area contributed by atoms with E-state index >= 15 is 0 Å². The number of rotatable bonds is 3. The van der Waals surface area contributed by atoms with Gasteiger partial charge in [0.1, 0.15) is 0 Å². The van der Waals surface area contributed by atoms with Crippen molar-refractivity contribution in [3.05, 3.63) is 72.4 Å². The van der Waals surface area contributed by atoms with Crippen LogP contribution < -0.4 is 4.90 Å². The molecule has 0 fully saturated rings. The zero-order chi connectivity index (χ0) is 13.8. The molecule has 0 aliphatic rings. The third-order valence-corrected chi connectivity index (χ3v) is 3.23. The molecular formula is C17H13N3. The van der Waals surface area contributed by atoms with Gasteiger partial charge < -0.3 is 0 Å². The van der Waals surface area contributed by atoms with E-state index in [2.05, 4.69) is 11.2 Å². The van der Waals surface area contributed by atoms with Crippen LogP contribution in [0.2, 0.25) is 0 Å². The number of hydrogen-bond donors (Lipinski definition) is 0. The first-order chi connectivity index (χ1) is 9.88. The lowest BCUT2D eigenvalue weighted by molar-refractivity contribution is 0.982. The molecule has 2 aromatic carbocycles. The van der Waals surface area contributed by atoms with Crippen LogP contribution in [0.15, 0.2) is 66.9 Å². The summed E-state index contributed by atoms with van der Waals surface area (Å²) in [5.74, 6) is 0. The molecule has 0 saturated carbocycles. The van der Waals surface area contributed by atoms with Gasteiger partial charge in [0, 0.05) is 11.6 Å². The van der Waals surface area contributed by atoms with Gasteiger partial charge in [-0.15, -0.1) is 0 Å². The summed E-state index contributed by atoms with van der Waals surface area (Å²) in [4.78, 5) is 6.10. The highest BCUT2D eigenvalue weighted by atomic mass is 15.1. The Labute approximate surface area is 117 Å². The van der Waals surface area contributed by atoms with Gasteiger partial charge in [0.25, 0.3) is 0 Å². The summed E-state index contributed by atoms with van der Waals surface area (Å²) in [6, 6.07) is 19.7. The number of benzene rings is 2. The smallest absolute Gasteiger partial charge is 0.184 e. The molecule has 0 aliphatic heterocycles. The molecule has 0 atom stereocenters. The third kappa shape index (κ3) is 2.32. The van der Waals surface area contributed by atoms with Crippen molar-refractivity contribution >= 4 is 16.6 Å². The lowest BCUT2D eigenvalue weighted by Gasteiger charge is -2.16. The van der Waals surface area contributed by atoms with Crippen LogP contribution in [0.4, 0.5) is 5.69 Å². The third-order valence-electron chi connectivity index (χ3n) is 3.23. The monoisotopic (exact) mass is 259 g/mol. The first kappa shape index (κ1) is 12.2. The second kappa shape index (κ2) is 5.41. The summed E-state index contributed by atoms with van der Waals surface area (Å²) in [5.41, 5.74) is 2.89. The number of aromatic nitrogens is 1. The quantitative estimate of drug-likeness (QED) is 0.531. The van der Waals surface area contributed by atoms with Crippen LogP contribution >= 0.6 is 0 Å². The SMILES string of the molecule is N#CN(Cc1cccc2cccnc12)c1ccccc1. The van der Waals surface area contributed by atoms with Gasteiger partial charge in [-0.3, -0.25) is 9.88 Å². The lowest BCUT2D eigenvalue weighted by atomic mass is 10.1. The zero-order valence-corrected chi connectivity index (χ0v) is 10.9. The Bertz CT molecular complexity index is 755. The molecule has 0 saturated heterocycles. The average molecular weight is 259 g/mol. The summed E-state index contributed by atoms with van der Waals surface area (Å²) in [6.45, 7) is 0.523. The average Bonchev–Trinajstić information content (AvgIpc) is 2.53. The fraction of sp³-hybridized carbons (Fsp3) is 0.0588. The predicted octanol–water partition coefficient (Wildman–Crippen LogP) is 3.72. The van der Waals surface area contributed by atoms with Gasteiger partial charge in [0.2, 0.25) is 0 Å². The number of anilines is 1. The largest absolute Gasteiger partial charge is 0.275 e. The van der Waals surface area contributed by atoms with Crippen LogP contribution in [0, 0.1) is 11.5 Å². The summed E-state index contributed by atoms with van der Waals surface area (Å²) in [6.07, 6.45) is 4.02. The van der Waals surface area contributed by atoms with Gasteiger partial charge >= 0.3 is 0 Å². The molecular weight excluding hydrogens is 246 g/mol. The molecule has 1 aromatic heterocycles. The molecule has 0 unspecified atom stereocenters. The Morgan fingerprint density at radius 3 is 2.55 bits per heavy atom. The van der Waals surface area contributed by atoms with Crippen LogP contribution in [0.25, 0.3) is 10.9 Å². The molecule has 20 heavy (non-hydrogen) atoms. The van der Waals surface area contributed by atoms with E-state index in [1.165, 1.54) is 0 Å². The normalized spacial score (nSPS) is 10.2. The van der Waals surface area contributed by atoms with Crippen LogP contribution in [-0.2, 0) is 6.54 Å². The van der Waals surface area contributed by atoms with Crippen molar-refractivity contribution in [3.8, 4) is 6.19 Å². The van der Waals surface area contributed by atoms with Crippen LogP contribution in [0.1, 0.15) is 5.56 Å². The minimum Gasteiger partial charge on any atom is -0.275 e. The van der Waals surface area contributed by atoms with E-state index in [9.17, 15) is 5.26 Å². The van der Waals surface area contributed by atoms with Crippen molar-refractivity contribution < 1.29 is 0 Å². The molecule has 0 amide bonds. The minimum atomic E-state index is 0.523. The number of pyridine rings is 1. The summed E-state index contributed by atoms with van der Waals surface area (Å²) in [5, 5.41) is 10.5. The summed E-state index contributed by atoms with van der Waals surface area (Å²) >= 11 is 0. The van der Waals surface area contributed by atoms with Crippen molar-refractivity contribution in [1.29, 1.82) is 5.26 Å².